The van der Waals surface area contributed by atoms with E-state index < -0.39 is 0 Å². The highest BCUT2D eigenvalue weighted by molar-refractivity contribution is 6.01. The van der Waals surface area contributed by atoms with Gasteiger partial charge in [-0.1, -0.05) is 26.0 Å². The summed E-state index contributed by atoms with van der Waals surface area (Å²) >= 11 is 0. The molecule has 0 spiro atoms. The van der Waals surface area contributed by atoms with E-state index in [4.69, 9.17) is 14.2 Å². The van der Waals surface area contributed by atoms with Gasteiger partial charge in [-0.25, -0.2) is 0 Å². The number of hydrogen-bond donors (Lipinski definition) is 0. The van der Waals surface area contributed by atoms with Crippen LogP contribution in [0.3, 0.4) is 0 Å². The average molecular weight is 444 g/mol. The van der Waals surface area contributed by atoms with Crippen LogP contribution in [0.4, 0.5) is 0 Å². The van der Waals surface area contributed by atoms with Crippen molar-refractivity contribution in [1.29, 1.82) is 0 Å². The second-order valence-corrected chi connectivity index (χ2v) is 10.1. The first-order valence-corrected chi connectivity index (χ1v) is 11.8. The largest absolute Gasteiger partial charge is 0.494 e. The molecule has 3 aliphatic heterocycles. The fourth-order valence-electron chi connectivity index (χ4n) is 5.73. The van der Waals surface area contributed by atoms with Crippen molar-refractivity contribution in [3.8, 4) is 17.2 Å². The summed E-state index contributed by atoms with van der Waals surface area (Å²) in [5.41, 5.74) is 6.87. The molecular formula is C28H29NO4. The second kappa shape index (κ2) is 7.41. The number of nitrogens with zero attached hydrogens (tertiary/aromatic N) is 1. The Balaban J connectivity index is 1.50. The van der Waals surface area contributed by atoms with Crippen LogP contribution >= 0.6 is 0 Å². The first-order valence-electron chi connectivity index (χ1n) is 11.8. The van der Waals surface area contributed by atoms with E-state index in [1.807, 2.05) is 19.1 Å². The minimum Gasteiger partial charge on any atom is -0.494 e. The summed E-state index contributed by atoms with van der Waals surface area (Å²) in [4.78, 5) is 15.9. The fourth-order valence-corrected chi connectivity index (χ4v) is 5.73. The van der Waals surface area contributed by atoms with E-state index in [-0.39, 0.29) is 23.9 Å². The normalized spacial score (nSPS) is 22.4. The lowest BCUT2D eigenvalue weighted by molar-refractivity contribution is -0.118. The van der Waals surface area contributed by atoms with Crippen molar-refractivity contribution in [2.45, 2.75) is 46.0 Å². The van der Waals surface area contributed by atoms with Gasteiger partial charge < -0.3 is 19.1 Å². The fraction of sp³-hybridized carbons (Fsp3) is 0.393. The number of Topliss-reactive ketones (excluding diaryl/α,β-unsaturated/α-hetero) is 1. The highest BCUT2D eigenvalue weighted by Crippen LogP contribution is 2.51. The molecule has 2 aromatic rings. The predicted octanol–water partition coefficient (Wildman–Crippen LogP) is 5.45. The molecule has 1 aliphatic carbocycles. The van der Waals surface area contributed by atoms with Gasteiger partial charge in [-0.05, 0) is 66.6 Å². The summed E-state index contributed by atoms with van der Waals surface area (Å²) in [6.07, 6.45) is 4.69. The molecule has 5 heteroatoms. The van der Waals surface area contributed by atoms with Gasteiger partial charge in [0, 0.05) is 41.4 Å². The Morgan fingerprint density at radius 3 is 2.61 bits per heavy atom. The Kier molecular flexibility index (Phi) is 4.58. The van der Waals surface area contributed by atoms with Crippen LogP contribution in [-0.2, 0) is 11.2 Å². The minimum absolute atomic E-state index is 0.0447. The van der Waals surface area contributed by atoms with Crippen molar-refractivity contribution in [2.24, 2.45) is 5.41 Å². The smallest absolute Gasteiger partial charge is 0.231 e. The summed E-state index contributed by atoms with van der Waals surface area (Å²) in [6.45, 7) is 8.17. The SMILES string of the molecule is CCOc1ccc([C@@H]2C=C3c4cc5c(cc4CCN3C3=C2C(=O)CC(C)(C)C3)OCO5)cc1. The number of allylic oxidation sites excluding steroid dienone is 3. The third-order valence-corrected chi connectivity index (χ3v) is 7.18. The van der Waals surface area contributed by atoms with Crippen LogP contribution in [0, 0.1) is 5.41 Å². The van der Waals surface area contributed by atoms with Crippen molar-refractivity contribution in [3.05, 3.63) is 70.4 Å². The molecule has 0 saturated carbocycles. The maximum absolute atomic E-state index is 13.5. The van der Waals surface area contributed by atoms with Crippen molar-refractivity contribution in [2.75, 3.05) is 19.9 Å². The monoisotopic (exact) mass is 443 g/mol. The molecule has 0 aromatic heterocycles. The molecule has 4 aliphatic rings. The number of benzene rings is 2. The van der Waals surface area contributed by atoms with Crippen LogP contribution < -0.4 is 14.2 Å². The number of ketones is 1. The number of rotatable bonds is 3. The Morgan fingerprint density at radius 1 is 1.09 bits per heavy atom. The van der Waals surface area contributed by atoms with Crippen molar-refractivity contribution in [1.82, 2.24) is 4.90 Å². The van der Waals surface area contributed by atoms with Crippen molar-refractivity contribution in [3.63, 3.8) is 0 Å². The van der Waals surface area contributed by atoms with Gasteiger partial charge in [-0.2, -0.15) is 0 Å². The molecule has 0 fully saturated rings. The zero-order chi connectivity index (χ0) is 22.7. The highest BCUT2D eigenvalue weighted by atomic mass is 16.7. The van der Waals surface area contributed by atoms with Gasteiger partial charge in [-0.15, -0.1) is 0 Å². The van der Waals surface area contributed by atoms with Crippen molar-refractivity contribution >= 4 is 11.5 Å². The predicted molar refractivity (Wildman–Crippen MR) is 126 cm³/mol. The zero-order valence-corrected chi connectivity index (χ0v) is 19.4. The molecule has 0 N–H and O–H groups in total. The molecule has 0 saturated heterocycles. The molecule has 0 bridgehead atoms. The summed E-state index contributed by atoms with van der Waals surface area (Å²) < 4.78 is 17.0. The molecule has 5 nitrogen and oxygen atoms in total. The molecule has 0 unspecified atom stereocenters. The lowest BCUT2D eigenvalue weighted by atomic mass is 9.69. The third kappa shape index (κ3) is 3.33. The van der Waals surface area contributed by atoms with E-state index in [0.29, 0.717) is 13.0 Å². The lowest BCUT2D eigenvalue weighted by Crippen LogP contribution is -2.40. The average Bonchev–Trinajstić information content (AvgIpc) is 3.24. The van der Waals surface area contributed by atoms with Gasteiger partial charge in [0.1, 0.15) is 5.75 Å². The third-order valence-electron chi connectivity index (χ3n) is 7.18. The number of ether oxygens (including phenoxy) is 3. The molecular weight excluding hydrogens is 414 g/mol. The van der Waals surface area contributed by atoms with Gasteiger partial charge in [0.15, 0.2) is 17.3 Å². The standard InChI is InChI=1S/C28H29NO4/c1-4-31-19-7-5-17(6-8-19)21-12-22-20-13-26-25(32-16-33-26)11-18(20)9-10-29(22)23-14-28(2,3)15-24(30)27(21)23/h5-8,11-13,21H,4,9-10,14-16H2,1-3H3/t21-/m0/s1. The number of carbonyl (C=O) groups is 1. The Hall–Kier alpha value is -3.21. The second-order valence-electron chi connectivity index (χ2n) is 10.1. The van der Waals surface area contributed by atoms with Gasteiger partial charge in [0.25, 0.3) is 0 Å². The Bertz CT molecular complexity index is 1210. The van der Waals surface area contributed by atoms with Crippen LogP contribution in [0.1, 0.15) is 56.2 Å². The molecule has 33 heavy (non-hydrogen) atoms. The topological polar surface area (TPSA) is 48.0 Å². The maximum Gasteiger partial charge on any atom is 0.231 e. The van der Waals surface area contributed by atoms with Crippen LogP contribution in [-0.4, -0.2) is 30.6 Å². The van der Waals surface area contributed by atoms with E-state index in [2.05, 4.69) is 49.1 Å². The first-order chi connectivity index (χ1) is 15.9. The summed E-state index contributed by atoms with van der Waals surface area (Å²) in [6, 6.07) is 12.5. The maximum atomic E-state index is 13.5. The molecule has 6 rings (SSSR count). The minimum atomic E-state index is -0.0677. The molecule has 2 aromatic carbocycles. The number of hydrogen-bond acceptors (Lipinski definition) is 5. The van der Waals surface area contributed by atoms with E-state index in [9.17, 15) is 4.79 Å². The van der Waals surface area contributed by atoms with E-state index in [1.165, 1.54) is 22.5 Å². The van der Waals surface area contributed by atoms with Gasteiger partial charge >= 0.3 is 0 Å². The van der Waals surface area contributed by atoms with E-state index in [1.54, 1.807) is 0 Å². The lowest BCUT2D eigenvalue weighted by Gasteiger charge is -2.46. The summed E-state index contributed by atoms with van der Waals surface area (Å²) in [5.74, 6) is 2.69. The van der Waals surface area contributed by atoms with Gasteiger partial charge in [0.05, 0.1) is 6.61 Å². The summed E-state index contributed by atoms with van der Waals surface area (Å²) in [5, 5.41) is 0. The van der Waals surface area contributed by atoms with E-state index >= 15 is 0 Å². The van der Waals surface area contributed by atoms with Crippen molar-refractivity contribution < 1.29 is 19.0 Å². The Labute approximate surface area is 194 Å². The van der Waals surface area contributed by atoms with Crippen LogP contribution in [0.15, 0.2) is 53.7 Å². The Morgan fingerprint density at radius 2 is 1.85 bits per heavy atom. The zero-order valence-electron chi connectivity index (χ0n) is 19.4. The number of carbonyl (C=O) groups excluding carboxylic acids is 1. The molecule has 1 atom stereocenters. The highest BCUT2D eigenvalue weighted by Gasteiger charge is 2.42. The quantitative estimate of drug-likeness (QED) is 0.631. The van der Waals surface area contributed by atoms with E-state index in [0.717, 1.165) is 47.8 Å². The molecule has 0 amide bonds. The van der Waals surface area contributed by atoms with Crippen LogP contribution in [0.5, 0.6) is 17.2 Å². The van der Waals surface area contributed by atoms with Crippen LogP contribution in [0.2, 0.25) is 0 Å². The first kappa shape index (κ1) is 20.4. The van der Waals surface area contributed by atoms with Crippen LogP contribution in [0.25, 0.3) is 5.70 Å². The summed E-state index contributed by atoms with van der Waals surface area (Å²) in [7, 11) is 0. The number of fused-ring (bicyclic) bond motifs is 5. The molecule has 0 radical (unpaired) electrons. The molecule has 170 valence electrons. The van der Waals surface area contributed by atoms with Gasteiger partial charge in [0.2, 0.25) is 6.79 Å². The molecule has 3 heterocycles. The van der Waals surface area contributed by atoms with Gasteiger partial charge in [-0.3, -0.25) is 4.79 Å².